The lowest BCUT2D eigenvalue weighted by Crippen LogP contribution is -2.27. The van der Waals surface area contributed by atoms with Crippen LogP contribution in [-0.2, 0) is 14.8 Å². The van der Waals surface area contributed by atoms with Crippen molar-refractivity contribution in [2.45, 2.75) is 30.7 Å². The Kier molecular flexibility index (Phi) is 5.58. The van der Waals surface area contributed by atoms with Gasteiger partial charge >= 0.3 is 0 Å². The van der Waals surface area contributed by atoms with E-state index >= 15 is 0 Å². The molecule has 0 spiro atoms. The molecule has 8 heteroatoms. The van der Waals surface area contributed by atoms with Crippen molar-refractivity contribution in [3.05, 3.63) is 58.1 Å². The number of carbonyl (C=O) groups excluding carboxylic acids is 1. The Labute approximate surface area is 163 Å². The first-order valence-corrected chi connectivity index (χ1v) is 10.4. The van der Waals surface area contributed by atoms with E-state index in [2.05, 4.69) is 4.72 Å². The predicted molar refractivity (Wildman–Crippen MR) is 103 cm³/mol. The second-order valence-corrected chi connectivity index (χ2v) is 8.71. The van der Waals surface area contributed by atoms with E-state index < -0.39 is 16.1 Å². The third kappa shape index (κ3) is 4.04. The molecular formula is C18H18Cl2N2O3S. The molecule has 138 valence electrons. The van der Waals surface area contributed by atoms with Crippen LogP contribution in [-0.4, -0.2) is 20.9 Å². The van der Waals surface area contributed by atoms with Gasteiger partial charge in [0.1, 0.15) is 0 Å². The number of nitrogens with one attached hydrogen (secondary N) is 1. The Morgan fingerprint density at radius 3 is 2.38 bits per heavy atom. The van der Waals surface area contributed by atoms with Gasteiger partial charge in [-0.1, -0.05) is 29.3 Å². The van der Waals surface area contributed by atoms with Crippen LogP contribution in [0.15, 0.2) is 47.4 Å². The summed E-state index contributed by atoms with van der Waals surface area (Å²) in [6.45, 7) is 2.37. The lowest BCUT2D eigenvalue weighted by atomic mass is 10.1. The van der Waals surface area contributed by atoms with E-state index in [0.717, 1.165) is 6.42 Å². The van der Waals surface area contributed by atoms with Crippen molar-refractivity contribution in [1.82, 2.24) is 4.72 Å². The van der Waals surface area contributed by atoms with Crippen molar-refractivity contribution in [3.63, 3.8) is 0 Å². The Morgan fingerprint density at radius 2 is 1.81 bits per heavy atom. The average Bonchev–Trinajstić information content (AvgIpc) is 3.00. The minimum absolute atomic E-state index is 0.0599. The zero-order valence-corrected chi connectivity index (χ0v) is 16.4. The molecule has 1 heterocycles. The summed E-state index contributed by atoms with van der Waals surface area (Å²) in [6.07, 6.45) is 1.35. The van der Waals surface area contributed by atoms with Gasteiger partial charge in [-0.15, -0.1) is 0 Å². The van der Waals surface area contributed by atoms with E-state index in [1.54, 1.807) is 42.2 Å². The first kappa shape index (κ1) is 19.2. The lowest BCUT2D eigenvalue weighted by Gasteiger charge is -2.18. The summed E-state index contributed by atoms with van der Waals surface area (Å²) in [5.74, 6) is 0.0599. The quantitative estimate of drug-likeness (QED) is 0.801. The van der Waals surface area contributed by atoms with Crippen LogP contribution in [0.5, 0.6) is 0 Å². The highest BCUT2D eigenvalue weighted by Gasteiger charge is 2.23. The SMILES string of the molecule is C[C@@H](NS(=O)(=O)c1ccc(N2CCCC2=O)cc1)c1ccc(Cl)cc1Cl. The molecule has 0 bridgehead atoms. The maximum atomic E-state index is 12.6. The summed E-state index contributed by atoms with van der Waals surface area (Å²) in [5, 5.41) is 0.886. The Balaban J connectivity index is 1.78. The molecule has 1 atom stereocenters. The molecule has 5 nitrogen and oxygen atoms in total. The van der Waals surface area contributed by atoms with Crippen LogP contribution in [0.3, 0.4) is 0 Å². The summed E-state index contributed by atoms with van der Waals surface area (Å²) < 4.78 is 27.9. The van der Waals surface area contributed by atoms with Crippen LogP contribution in [0.1, 0.15) is 31.4 Å². The van der Waals surface area contributed by atoms with Crippen LogP contribution >= 0.6 is 23.2 Å². The first-order valence-electron chi connectivity index (χ1n) is 8.15. The van der Waals surface area contributed by atoms with E-state index in [1.807, 2.05) is 0 Å². The predicted octanol–water partition coefficient (Wildman–Crippen LogP) is 4.16. The minimum atomic E-state index is -3.73. The van der Waals surface area contributed by atoms with Gasteiger partial charge in [0.25, 0.3) is 0 Å². The number of hydrogen-bond acceptors (Lipinski definition) is 3. The molecule has 0 aromatic heterocycles. The summed E-state index contributed by atoms with van der Waals surface area (Å²) in [5.41, 5.74) is 1.35. The maximum Gasteiger partial charge on any atom is 0.241 e. The minimum Gasteiger partial charge on any atom is -0.312 e. The van der Waals surface area contributed by atoms with Crippen molar-refractivity contribution in [1.29, 1.82) is 0 Å². The second kappa shape index (κ2) is 7.56. The van der Waals surface area contributed by atoms with Crippen molar-refractivity contribution < 1.29 is 13.2 Å². The monoisotopic (exact) mass is 412 g/mol. The first-order chi connectivity index (χ1) is 12.3. The zero-order chi connectivity index (χ0) is 18.9. The van der Waals surface area contributed by atoms with Crippen LogP contribution < -0.4 is 9.62 Å². The van der Waals surface area contributed by atoms with Crippen LogP contribution in [0.25, 0.3) is 0 Å². The number of amides is 1. The topological polar surface area (TPSA) is 66.5 Å². The Bertz CT molecular complexity index is 930. The normalized spacial score (nSPS) is 16.1. The molecular weight excluding hydrogens is 395 g/mol. The Morgan fingerprint density at radius 1 is 1.12 bits per heavy atom. The van der Waals surface area contributed by atoms with Gasteiger partial charge in [-0.2, -0.15) is 0 Å². The van der Waals surface area contributed by atoms with Crippen molar-refractivity contribution in [2.24, 2.45) is 0 Å². The van der Waals surface area contributed by atoms with Gasteiger partial charge in [0.15, 0.2) is 0 Å². The molecule has 1 aliphatic rings. The molecule has 1 aliphatic heterocycles. The number of carbonyl (C=O) groups is 1. The molecule has 2 aromatic rings. The molecule has 0 saturated carbocycles. The van der Waals surface area contributed by atoms with Crippen molar-refractivity contribution >= 4 is 44.8 Å². The molecule has 1 N–H and O–H groups in total. The van der Waals surface area contributed by atoms with Gasteiger partial charge in [-0.05, 0) is 55.3 Å². The fourth-order valence-electron chi connectivity index (χ4n) is 2.94. The number of hydrogen-bond donors (Lipinski definition) is 1. The van der Waals surface area contributed by atoms with E-state index in [-0.39, 0.29) is 10.8 Å². The number of benzene rings is 2. The van der Waals surface area contributed by atoms with Crippen molar-refractivity contribution in [3.8, 4) is 0 Å². The van der Waals surface area contributed by atoms with Gasteiger partial charge in [0.2, 0.25) is 15.9 Å². The maximum absolute atomic E-state index is 12.6. The fraction of sp³-hybridized carbons (Fsp3) is 0.278. The standard InChI is InChI=1S/C18H18Cl2N2O3S/c1-12(16-9-4-13(19)11-17(16)20)21-26(24,25)15-7-5-14(6-8-15)22-10-2-3-18(22)23/h4-9,11-12,21H,2-3,10H2,1H3/t12-/m1/s1. The summed E-state index contributed by atoms with van der Waals surface area (Å²) in [4.78, 5) is 13.6. The molecule has 1 saturated heterocycles. The Hall–Kier alpha value is -1.60. The number of nitrogens with zero attached hydrogens (tertiary/aromatic N) is 1. The molecule has 0 unspecified atom stereocenters. The summed E-state index contributed by atoms with van der Waals surface area (Å²) in [7, 11) is -3.73. The van der Waals surface area contributed by atoms with E-state index in [9.17, 15) is 13.2 Å². The third-order valence-electron chi connectivity index (χ3n) is 4.29. The van der Waals surface area contributed by atoms with Gasteiger partial charge < -0.3 is 4.90 Å². The number of sulfonamides is 1. The van der Waals surface area contributed by atoms with Gasteiger partial charge in [-0.25, -0.2) is 13.1 Å². The molecule has 2 aromatic carbocycles. The fourth-order valence-corrected chi connectivity index (χ4v) is 4.74. The molecule has 26 heavy (non-hydrogen) atoms. The molecule has 0 aliphatic carbocycles. The summed E-state index contributed by atoms with van der Waals surface area (Å²) >= 11 is 12.0. The molecule has 1 amide bonds. The average molecular weight is 413 g/mol. The van der Waals surface area contributed by atoms with E-state index in [0.29, 0.717) is 34.3 Å². The molecule has 1 fully saturated rings. The van der Waals surface area contributed by atoms with E-state index in [4.69, 9.17) is 23.2 Å². The number of halogens is 2. The highest BCUT2D eigenvalue weighted by molar-refractivity contribution is 7.89. The largest absolute Gasteiger partial charge is 0.312 e. The van der Waals surface area contributed by atoms with Gasteiger partial charge in [0.05, 0.1) is 4.90 Å². The highest BCUT2D eigenvalue weighted by atomic mass is 35.5. The van der Waals surface area contributed by atoms with Crippen molar-refractivity contribution in [2.75, 3.05) is 11.4 Å². The highest BCUT2D eigenvalue weighted by Crippen LogP contribution is 2.28. The molecule has 0 radical (unpaired) electrons. The lowest BCUT2D eigenvalue weighted by molar-refractivity contribution is -0.117. The third-order valence-corrected chi connectivity index (χ3v) is 6.41. The second-order valence-electron chi connectivity index (χ2n) is 6.15. The number of anilines is 1. The van der Waals surface area contributed by atoms with Crippen LogP contribution in [0, 0.1) is 0 Å². The smallest absolute Gasteiger partial charge is 0.241 e. The van der Waals surface area contributed by atoms with Crippen LogP contribution in [0.4, 0.5) is 5.69 Å². The van der Waals surface area contributed by atoms with Gasteiger partial charge in [0, 0.05) is 34.7 Å². The molecule has 3 rings (SSSR count). The number of rotatable bonds is 5. The van der Waals surface area contributed by atoms with Gasteiger partial charge in [-0.3, -0.25) is 4.79 Å². The van der Waals surface area contributed by atoms with Crippen LogP contribution in [0.2, 0.25) is 10.0 Å². The van der Waals surface area contributed by atoms with E-state index in [1.165, 1.54) is 12.1 Å². The summed E-state index contributed by atoms with van der Waals surface area (Å²) in [6, 6.07) is 10.7. The zero-order valence-electron chi connectivity index (χ0n) is 14.1.